The topological polar surface area (TPSA) is 70.6 Å². The maximum absolute atomic E-state index is 13.0. The molecule has 0 saturated heterocycles. The van der Waals surface area contributed by atoms with Gasteiger partial charge in [0.2, 0.25) is 0 Å². The van der Waals surface area contributed by atoms with Crippen molar-refractivity contribution < 1.29 is 9.60 Å². The molecule has 0 spiro atoms. The van der Waals surface area contributed by atoms with Gasteiger partial charge in [0.15, 0.2) is 5.84 Å². The Hall–Kier alpha value is -1.30. The number of amidine groups is 1. The van der Waals surface area contributed by atoms with Gasteiger partial charge in [0.25, 0.3) is 0 Å². The van der Waals surface area contributed by atoms with Crippen molar-refractivity contribution in [2.75, 3.05) is 5.32 Å². The van der Waals surface area contributed by atoms with E-state index in [0.29, 0.717) is 16.6 Å². The fourth-order valence-corrected chi connectivity index (χ4v) is 1.62. The van der Waals surface area contributed by atoms with E-state index < -0.39 is 0 Å². The Morgan fingerprint density at radius 2 is 2.38 bits per heavy atom. The Morgan fingerprint density at radius 1 is 1.69 bits per heavy atom. The molecule has 4 nitrogen and oxygen atoms in total. The maximum Gasteiger partial charge on any atom is 0.161 e. The average molecular weight is 290 g/mol. The first-order chi connectivity index (χ1) is 7.58. The number of hydrogen-bond acceptors (Lipinski definition) is 3. The largest absolute Gasteiger partial charge is 0.409 e. The number of nitrogens with one attached hydrogen (secondary N) is 1. The molecule has 1 rings (SSSR count). The van der Waals surface area contributed by atoms with Crippen LogP contribution in [0.4, 0.5) is 10.1 Å². The summed E-state index contributed by atoms with van der Waals surface area (Å²) in [5.41, 5.74) is 6.20. The first-order valence-corrected chi connectivity index (χ1v) is 5.56. The number of nitrogens with zero attached hydrogens (tertiary/aromatic N) is 1. The highest BCUT2D eigenvalue weighted by Crippen LogP contribution is 2.20. The SMILES string of the molecule is CCC(Nc1ccc(F)c(Br)c1)/C(N)=N/O. The first kappa shape index (κ1) is 12.8. The van der Waals surface area contributed by atoms with E-state index in [0.717, 1.165) is 0 Å². The van der Waals surface area contributed by atoms with Crippen LogP contribution in [0.5, 0.6) is 0 Å². The van der Waals surface area contributed by atoms with Crippen molar-refractivity contribution in [2.45, 2.75) is 19.4 Å². The Kier molecular flexibility index (Phi) is 4.54. The number of anilines is 1. The molecule has 0 saturated carbocycles. The van der Waals surface area contributed by atoms with Crippen molar-refractivity contribution in [3.63, 3.8) is 0 Å². The van der Waals surface area contributed by atoms with Crippen LogP contribution in [0.3, 0.4) is 0 Å². The summed E-state index contributed by atoms with van der Waals surface area (Å²) in [6.07, 6.45) is 0.658. The predicted octanol–water partition coefficient (Wildman–Crippen LogP) is 2.53. The van der Waals surface area contributed by atoms with Gasteiger partial charge in [0.05, 0.1) is 10.5 Å². The summed E-state index contributed by atoms with van der Waals surface area (Å²) < 4.78 is 13.3. The number of oxime groups is 1. The van der Waals surface area contributed by atoms with E-state index in [-0.39, 0.29) is 17.7 Å². The fourth-order valence-electron chi connectivity index (χ4n) is 1.24. The standard InChI is InChI=1S/C10H13BrFN3O/c1-2-9(10(13)15-16)14-6-3-4-8(12)7(11)5-6/h3-5,9,14,16H,2H2,1H3,(H2,13,15). The molecule has 0 heterocycles. The minimum absolute atomic E-state index is 0.1000. The molecule has 0 aliphatic carbocycles. The van der Waals surface area contributed by atoms with Crippen molar-refractivity contribution >= 4 is 27.5 Å². The van der Waals surface area contributed by atoms with Gasteiger partial charge in [-0.1, -0.05) is 12.1 Å². The van der Waals surface area contributed by atoms with Crippen LogP contribution in [0.25, 0.3) is 0 Å². The molecule has 0 aliphatic heterocycles. The molecule has 0 aromatic heterocycles. The van der Waals surface area contributed by atoms with Crippen LogP contribution in [0.1, 0.15) is 13.3 Å². The molecular formula is C10H13BrFN3O. The Balaban J connectivity index is 2.82. The van der Waals surface area contributed by atoms with Crippen molar-refractivity contribution in [1.29, 1.82) is 0 Å². The van der Waals surface area contributed by atoms with Crippen LogP contribution in [0, 0.1) is 5.82 Å². The second-order valence-electron chi connectivity index (χ2n) is 3.26. The third-order valence-electron chi connectivity index (χ3n) is 2.14. The van der Waals surface area contributed by atoms with Crippen LogP contribution in [-0.2, 0) is 0 Å². The molecule has 4 N–H and O–H groups in total. The van der Waals surface area contributed by atoms with Gasteiger partial charge < -0.3 is 16.3 Å². The molecule has 88 valence electrons. The third-order valence-corrected chi connectivity index (χ3v) is 2.75. The van der Waals surface area contributed by atoms with E-state index >= 15 is 0 Å². The molecule has 1 aromatic rings. The van der Waals surface area contributed by atoms with Gasteiger partial charge in [-0.3, -0.25) is 0 Å². The smallest absolute Gasteiger partial charge is 0.161 e. The fraction of sp³-hybridized carbons (Fsp3) is 0.300. The zero-order chi connectivity index (χ0) is 12.1. The van der Waals surface area contributed by atoms with E-state index in [1.54, 1.807) is 12.1 Å². The molecule has 0 fully saturated rings. The molecule has 6 heteroatoms. The average Bonchev–Trinajstić information content (AvgIpc) is 2.29. The number of hydrogen-bond donors (Lipinski definition) is 3. The molecule has 1 unspecified atom stereocenters. The van der Waals surface area contributed by atoms with E-state index in [2.05, 4.69) is 26.4 Å². The normalized spacial score (nSPS) is 13.6. The quantitative estimate of drug-likeness (QED) is 0.345. The molecular weight excluding hydrogens is 277 g/mol. The van der Waals surface area contributed by atoms with Crippen molar-refractivity contribution in [3.8, 4) is 0 Å². The Bertz CT molecular complexity index is 398. The maximum atomic E-state index is 13.0. The van der Waals surface area contributed by atoms with Gasteiger partial charge >= 0.3 is 0 Å². The summed E-state index contributed by atoms with van der Waals surface area (Å²) in [7, 11) is 0. The zero-order valence-electron chi connectivity index (χ0n) is 8.74. The summed E-state index contributed by atoms with van der Waals surface area (Å²) in [5.74, 6) is -0.231. The minimum Gasteiger partial charge on any atom is -0.409 e. The lowest BCUT2D eigenvalue weighted by atomic mass is 10.2. The molecule has 1 atom stereocenters. The number of benzene rings is 1. The highest BCUT2D eigenvalue weighted by molar-refractivity contribution is 9.10. The highest BCUT2D eigenvalue weighted by Gasteiger charge is 2.11. The lowest BCUT2D eigenvalue weighted by molar-refractivity contribution is 0.316. The van der Waals surface area contributed by atoms with Crippen LogP contribution < -0.4 is 11.1 Å². The highest BCUT2D eigenvalue weighted by atomic mass is 79.9. The molecule has 1 aromatic carbocycles. The van der Waals surface area contributed by atoms with E-state index in [9.17, 15) is 4.39 Å². The minimum atomic E-state index is -0.331. The van der Waals surface area contributed by atoms with Crippen LogP contribution >= 0.6 is 15.9 Å². The molecule has 0 radical (unpaired) electrons. The van der Waals surface area contributed by atoms with E-state index in [1.807, 2.05) is 6.92 Å². The summed E-state index contributed by atoms with van der Waals surface area (Å²) in [5, 5.41) is 14.5. The predicted molar refractivity (Wildman–Crippen MR) is 65.2 cm³/mol. The second-order valence-corrected chi connectivity index (χ2v) is 4.11. The Labute approximate surface area is 101 Å². The van der Waals surface area contributed by atoms with E-state index in [4.69, 9.17) is 10.9 Å². The van der Waals surface area contributed by atoms with Crippen LogP contribution in [0.2, 0.25) is 0 Å². The third kappa shape index (κ3) is 3.10. The number of nitrogens with two attached hydrogens (primary N) is 1. The van der Waals surface area contributed by atoms with E-state index in [1.165, 1.54) is 6.07 Å². The van der Waals surface area contributed by atoms with Crippen molar-refractivity contribution in [1.82, 2.24) is 0 Å². The van der Waals surface area contributed by atoms with Gasteiger partial charge in [-0.15, -0.1) is 0 Å². The second kappa shape index (κ2) is 5.69. The lowest BCUT2D eigenvalue weighted by Gasteiger charge is -2.16. The van der Waals surface area contributed by atoms with Crippen molar-refractivity contribution in [3.05, 3.63) is 28.5 Å². The van der Waals surface area contributed by atoms with Gasteiger partial charge in [-0.25, -0.2) is 4.39 Å². The summed E-state index contributed by atoms with van der Waals surface area (Å²) in [4.78, 5) is 0. The van der Waals surface area contributed by atoms with Gasteiger partial charge in [-0.2, -0.15) is 0 Å². The molecule has 16 heavy (non-hydrogen) atoms. The first-order valence-electron chi connectivity index (χ1n) is 4.77. The lowest BCUT2D eigenvalue weighted by Crippen LogP contribution is -2.35. The summed E-state index contributed by atoms with van der Waals surface area (Å²) in [6.45, 7) is 1.90. The van der Waals surface area contributed by atoms with Crippen LogP contribution in [-0.4, -0.2) is 17.1 Å². The Morgan fingerprint density at radius 3 is 2.88 bits per heavy atom. The number of halogens is 2. The molecule has 0 aliphatic rings. The van der Waals surface area contributed by atoms with Gasteiger partial charge in [0.1, 0.15) is 5.82 Å². The summed E-state index contributed by atoms with van der Waals surface area (Å²) >= 11 is 3.09. The number of rotatable bonds is 4. The molecule has 0 amide bonds. The van der Waals surface area contributed by atoms with Gasteiger partial charge in [0, 0.05) is 5.69 Å². The molecule has 0 bridgehead atoms. The zero-order valence-corrected chi connectivity index (χ0v) is 10.3. The van der Waals surface area contributed by atoms with Gasteiger partial charge in [-0.05, 0) is 40.5 Å². The van der Waals surface area contributed by atoms with Crippen LogP contribution in [0.15, 0.2) is 27.8 Å². The van der Waals surface area contributed by atoms with Crippen molar-refractivity contribution in [2.24, 2.45) is 10.9 Å². The monoisotopic (exact) mass is 289 g/mol. The summed E-state index contributed by atoms with van der Waals surface area (Å²) in [6, 6.07) is 4.25.